The fourth-order valence-corrected chi connectivity index (χ4v) is 4.37. The molecule has 0 unspecified atom stereocenters. The van der Waals surface area contributed by atoms with E-state index in [4.69, 9.17) is 0 Å². The third kappa shape index (κ3) is 1.07. The molecule has 0 saturated carbocycles. The summed E-state index contributed by atoms with van der Waals surface area (Å²) in [5.41, 5.74) is 0. The van der Waals surface area contributed by atoms with Gasteiger partial charge in [0, 0.05) is 0 Å². The molecule has 0 aromatic carbocycles. The van der Waals surface area contributed by atoms with Crippen LogP contribution >= 0.6 is 0 Å². The van der Waals surface area contributed by atoms with Gasteiger partial charge in [-0.2, -0.15) is 0 Å². The SMILES string of the molecule is CC(C)(C)[Si]1(C)CCC1. The van der Waals surface area contributed by atoms with Gasteiger partial charge < -0.3 is 0 Å². The zero-order valence-corrected chi connectivity index (χ0v) is 8.12. The molecule has 0 aromatic rings. The summed E-state index contributed by atoms with van der Waals surface area (Å²) in [4.78, 5) is 0. The summed E-state index contributed by atoms with van der Waals surface area (Å²) in [6.45, 7) is 9.80. The molecule has 0 spiro atoms. The third-order valence-corrected chi connectivity index (χ3v) is 9.80. The largest absolute Gasteiger partial charge is 0.0688 e. The molecule has 1 fully saturated rings. The van der Waals surface area contributed by atoms with E-state index in [0.717, 1.165) is 0 Å². The minimum absolute atomic E-state index is 0.672. The van der Waals surface area contributed by atoms with Crippen LogP contribution in [0.15, 0.2) is 0 Å². The van der Waals surface area contributed by atoms with Crippen molar-refractivity contribution in [3.63, 3.8) is 0 Å². The lowest BCUT2D eigenvalue weighted by atomic mass is 10.2. The smallest absolute Gasteiger partial charge is 0.0558 e. The van der Waals surface area contributed by atoms with Crippen LogP contribution in [0.25, 0.3) is 0 Å². The molecular weight excluding hydrogens is 124 g/mol. The minimum atomic E-state index is -0.698. The highest BCUT2D eigenvalue weighted by atomic mass is 28.3. The second kappa shape index (κ2) is 1.85. The lowest BCUT2D eigenvalue weighted by Crippen LogP contribution is -2.46. The maximum absolute atomic E-state index is 2.55. The van der Waals surface area contributed by atoms with Gasteiger partial charge >= 0.3 is 0 Å². The summed E-state index contributed by atoms with van der Waals surface area (Å²) in [6, 6.07) is 3.16. The van der Waals surface area contributed by atoms with Crippen LogP contribution in [-0.4, -0.2) is 8.07 Å². The van der Waals surface area contributed by atoms with Crippen molar-refractivity contribution in [3.8, 4) is 0 Å². The number of rotatable bonds is 0. The molecule has 0 N–H and O–H groups in total. The molecular formula is C8H18Si. The zero-order valence-electron chi connectivity index (χ0n) is 7.12. The van der Waals surface area contributed by atoms with Crippen molar-refractivity contribution in [1.82, 2.24) is 0 Å². The highest BCUT2D eigenvalue weighted by Gasteiger charge is 2.43. The second-order valence-corrected chi connectivity index (χ2v) is 10.3. The fourth-order valence-electron chi connectivity index (χ4n) is 1.46. The summed E-state index contributed by atoms with van der Waals surface area (Å²) in [6.07, 6.45) is 1.51. The van der Waals surface area contributed by atoms with Crippen molar-refractivity contribution in [2.24, 2.45) is 0 Å². The Morgan fingerprint density at radius 2 is 1.56 bits per heavy atom. The first kappa shape index (κ1) is 7.33. The average molecular weight is 142 g/mol. The summed E-state index contributed by atoms with van der Waals surface area (Å²) in [5.74, 6) is 0. The molecule has 0 radical (unpaired) electrons. The molecule has 0 atom stereocenters. The molecule has 54 valence electrons. The molecule has 1 rings (SSSR count). The molecule has 0 aliphatic carbocycles. The van der Waals surface area contributed by atoms with Gasteiger partial charge in [0.15, 0.2) is 0 Å². The first-order valence-electron chi connectivity index (χ1n) is 3.96. The van der Waals surface area contributed by atoms with Gasteiger partial charge in [-0.1, -0.05) is 45.8 Å². The monoisotopic (exact) mass is 142 g/mol. The summed E-state index contributed by atoms with van der Waals surface area (Å²) < 4.78 is 0. The molecule has 0 amide bonds. The summed E-state index contributed by atoms with van der Waals surface area (Å²) in [7, 11) is -0.698. The predicted molar refractivity (Wildman–Crippen MR) is 45.6 cm³/mol. The van der Waals surface area contributed by atoms with E-state index in [-0.39, 0.29) is 0 Å². The van der Waals surface area contributed by atoms with Gasteiger partial charge in [-0.3, -0.25) is 0 Å². The fraction of sp³-hybridized carbons (Fsp3) is 1.00. The van der Waals surface area contributed by atoms with Gasteiger partial charge in [0.25, 0.3) is 0 Å². The lowest BCUT2D eigenvalue weighted by molar-refractivity contribution is 0.663. The van der Waals surface area contributed by atoms with Crippen LogP contribution in [0.1, 0.15) is 27.2 Å². The quantitative estimate of drug-likeness (QED) is 0.455. The Hall–Kier alpha value is 0.217. The maximum Gasteiger partial charge on any atom is 0.0558 e. The van der Waals surface area contributed by atoms with E-state index in [0.29, 0.717) is 5.04 Å². The van der Waals surface area contributed by atoms with Crippen molar-refractivity contribution >= 4 is 8.07 Å². The Morgan fingerprint density at radius 3 is 1.56 bits per heavy atom. The van der Waals surface area contributed by atoms with Gasteiger partial charge in [0.2, 0.25) is 0 Å². The molecule has 0 bridgehead atoms. The van der Waals surface area contributed by atoms with Crippen molar-refractivity contribution in [1.29, 1.82) is 0 Å². The molecule has 1 aliphatic heterocycles. The van der Waals surface area contributed by atoms with Crippen LogP contribution < -0.4 is 0 Å². The molecule has 1 aliphatic rings. The van der Waals surface area contributed by atoms with Gasteiger partial charge in [-0.05, 0) is 5.04 Å². The van der Waals surface area contributed by atoms with Crippen LogP contribution in [0.3, 0.4) is 0 Å². The zero-order chi connectivity index (χ0) is 7.12. The maximum atomic E-state index is 2.55. The van der Waals surface area contributed by atoms with Crippen LogP contribution in [0.5, 0.6) is 0 Å². The highest BCUT2D eigenvalue weighted by molar-refractivity contribution is 6.83. The summed E-state index contributed by atoms with van der Waals surface area (Å²) >= 11 is 0. The van der Waals surface area contributed by atoms with E-state index in [1.165, 1.54) is 6.42 Å². The van der Waals surface area contributed by atoms with Crippen molar-refractivity contribution < 1.29 is 0 Å². The van der Waals surface area contributed by atoms with Gasteiger partial charge in [0.05, 0.1) is 8.07 Å². The van der Waals surface area contributed by atoms with E-state index in [1.807, 2.05) is 0 Å². The molecule has 1 saturated heterocycles. The van der Waals surface area contributed by atoms with E-state index < -0.39 is 8.07 Å². The van der Waals surface area contributed by atoms with Gasteiger partial charge in [-0.25, -0.2) is 0 Å². The van der Waals surface area contributed by atoms with Gasteiger partial charge in [-0.15, -0.1) is 0 Å². The predicted octanol–water partition coefficient (Wildman–Crippen LogP) is 3.27. The third-order valence-electron chi connectivity index (χ3n) is 3.27. The number of hydrogen-bond acceptors (Lipinski definition) is 0. The average Bonchev–Trinajstić information content (AvgIpc) is 1.57. The molecule has 1 heteroatoms. The molecule has 0 nitrogen and oxygen atoms in total. The van der Waals surface area contributed by atoms with Crippen LogP contribution in [-0.2, 0) is 0 Å². The van der Waals surface area contributed by atoms with E-state index in [1.54, 1.807) is 12.1 Å². The first-order valence-corrected chi connectivity index (χ1v) is 6.87. The van der Waals surface area contributed by atoms with Crippen molar-refractivity contribution in [2.45, 2.75) is 50.9 Å². The Balaban J connectivity index is 2.59. The van der Waals surface area contributed by atoms with Crippen molar-refractivity contribution in [2.75, 3.05) is 0 Å². The lowest BCUT2D eigenvalue weighted by Gasteiger charge is -2.47. The standard InChI is InChI=1S/C8H18Si/c1-8(2,3)9(4)6-5-7-9/h5-7H2,1-4H3. The summed E-state index contributed by atoms with van der Waals surface area (Å²) in [5, 5.41) is 0.672. The van der Waals surface area contributed by atoms with E-state index in [9.17, 15) is 0 Å². The van der Waals surface area contributed by atoms with Crippen LogP contribution in [0, 0.1) is 0 Å². The van der Waals surface area contributed by atoms with Crippen LogP contribution in [0.2, 0.25) is 23.7 Å². The van der Waals surface area contributed by atoms with Crippen molar-refractivity contribution in [3.05, 3.63) is 0 Å². The first-order chi connectivity index (χ1) is 3.96. The van der Waals surface area contributed by atoms with E-state index in [2.05, 4.69) is 27.3 Å². The normalized spacial score (nSPS) is 25.3. The number of hydrogen-bond donors (Lipinski definition) is 0. The Bertz CT molecular complexity index is 106. The van der Waals surface area contributed by atoms with Crippen LogP contribution in [0.4, 0.5) is 0 Å². The molecule has 0 aromatic heterocycles. The topological polar surface area (TPSA) is 0 Å². The molecule has 1 heterocycles. The van der Waals surface area contributed by atoms with Gasteiger partial charge in [0.1, 0.15) is 0 Å². The molecule has 9 heavy (non-hydrogen) atoms. The Labute approximate surface area is 59.7 Å². The second-order valence-electron chi connectivity index (χ2n) is 4.66. The van der Waals surface area contributed by atoms with E-state index >= 15 is 0 Å². The Kier molecular flexibility index (Phi) is 1.50. The Morgan fingerprint density at radius 1 is 1.11 bits per heavy atom. The highest BCUT2D eigenvalue weighted by Crippen LogP contribution is 2.49. The minimum Gasteiger partial charge on any atom is -0.0688 e.